The van der Waals surface area contributed by atoms with Gasteiger partial charge in [-0.1, -0.05) is 18.2 Å². The number of aromatic nitrogens is 1. The first-order chi connectivity index (χ1) is 11.9. The largest absolute Gasteiger partial charge is 0.448 e. The van der Waals surface area contributed by atoms with E-state index in [2.05, 4.69) is 15.6 Å². The number of hydrogen-bond donors (Lipinski definition) is 2. The third-order valence-electron chi connectivity index (χ3n) is 3.24. The molecule has 8 heteroatoms. The van der Waals surface area contributed by atoms with Crippen LogP contribution in [0.1, 0.15) is 30.1 Å². The highest BCUT2D eigenvalue weighted by Crippen LogP contribution is 2.22. The van der Waals surface area contributed by atoms with E-state index in [1.807, 2.05) is 18.2 Å². The minimum absolute atomic E-state index is 0.0171. The summed E-state index contributed by atoms with van der Waals surface area (Å²) in [6.45, 7) is 5.02. The summed E-state index contributed by atoms with van der Waals surface area (Å²) >= 11 is 0. The smallest absolute Gasteiger partial charge is 0.361 e. The maximum atomic E-state index is 12.2. The highest BCUT2D eigenvalue weighted by atomic mass is 16.5. The van der Waals surface area contributed by atoms with Gasteiger partial charge in [0, 0.05) is 12.1 Å². The first kappa shape index (κ1) is 18.2. The molecule has 0 spiro atoms. The lowest BCUT2D eigenvalue weighted by molar-refractivity contribution is -0.127. The molecule has 2 aromatic rings. The number of rotatable bonds is 5. The van der Waals surface area contributed by atoms with Gasteiger partial charge in [-0.3, -0.25) is 10.1 Å². The van der Waals surface area contributed by atoms with Crippen LogP contribution in [0, 0.1) is 6.92 Å². The predicted octanol–water partition coefficient (Wildman–Crippen LogP) is 2.04. The molecular weight excluding hydrogens is 326 g/mol. The number of oxazole rings is 1. The molecule has 1 heterocycles. The van der Waals surface area contributed by atoms with Crippen LogP contribution in [0.15, 0.2) is 34.7 Å². The van der Waals surface area contributed by atoms with Crippen molar-refractivity contribution in [3.8, 4) is 11.5 Å². The van der Waals surface area contributed by atoms with E-state index >= 15 is 0 Å². The van der Waals surface area contributed by atoms with Gasteiger partial charge < -0.3 is 14.5 Å². The number of ether oxygens (including phenoxy) is 1. The second-order valence-electron chi connectivity index (χ2n) is 5.19. The number of urea groups is 1. The molecule has 0 radical (unpaired) electrons. The average Bonchev–Trinajstić information content (AvgIpc) is 2.97. The molecule has 0 aliphatic heterocycles. The van der Waals surface area contributed by atoms with E-state index in [1.165, 1.54) is 6.92 Å². The Kier molecular flexibility index (Phi) is 5.89. The Balaban J connectivity index is 2.04. The summed E-state index contributed by atoms with van der Waals surface area (Å²) in [5.74, 6) is -0.977. The summed E-state index contributed by atoms with van der Waals surface area (Å²) < 4.78 is 10.5. The van der Waals surface area contributed by atoms with E-state index in [4.69, 9.17) is 9.15 Å². The molecule has 8 nitrogen and oxygen atoms in total. The molecule has 0 saturated carbocycles. The minimum Gasteiger partial charge on any atom is -0.448 e. The number of benzene rings is 1. The lowest BCUT2D eigenvalue weighted by Crippen LogP contribution is -2.44. The fraction of sp³-hybridized carbons (Fsp3) is 0.294. The van der Waals surface area contributed by atoms with Crippen LogP contribution in [0.25, 0.3) is 11.5 Å². The van der Waals surface area contributed by atoms with Crippen LogP contribution >= 0.6 is 0 Å². The fourth-order valence-electron chi connectivity index (χ4n) is 1.98. The Hall–Kier alpha value is -3.16. The third kappa shape index (κ3) is 4.66. The molecule has 2 N–H and O–H groups in total. The van der Waals surface area contributed by atoms with Crippen LogP contribution in [-0.4, -0.2) is 35.5 Å². The van der Waals surface area contributed by atoms with E-state index in [-0.39, 0.29) is 17.3 Å². The van der Waals surface area contributed by atoms with Crippen molar-refractivity contribution >= 4 is 17.9 Å². The van der Waals surface area contributed by atoms with Crippen molar-refractivity contribution in [2.24, 2.45) is 0 Å². The monoisotopic (exact) mass is 345 g/mol. The second-order valence-corrected chi connectivity index (χ2v) is 5.19. The third-order valence-corrected chi connectivity index (χ3v) is 3.24. The molecule has 0 fully saturated rings. The lowest BCUT2D eigenvalue weighted by Gasteiger charge is -2.12. The number of esters is 1. The maximum Gasteiger partial charge on any atom is 0.361 e. The molecule has 3 amide bonds. The number of carbonyl (C=O) groups is 3. The van der Waals surface area contributed by atoms with Gasteiger partial charge >= 0.3 is 12.0 Å². The first-order valence-corrected chi connectivity index (χ1v) is 7.75. The summed E-state index contributed by atoms with van der Waals surface area (Å²) in [5, 5.41) is 4.48. The molecule has 1 atom stereocenters. The number of aryl methyl sites for hydroxylation is 1. The molecule has 0 saturated heterocycles. The van der Waals surface area contributed by atoms with Gasteiger partial charge in [0.1, 0.15) is 5.76 Å². The molecule has 1 aromatic heterocycles. The Labute approximate surface area is 144 Å². The van der Waals surface area contributed by atoms with Gasteiger partial charge in [-0.2, -0.15) is 0 Å². The molecule has 1 aromatic carbocycles. The highest BCUT2D eigenvalue weighted by molar-refractivity contribution is 5.98. The second kappa shape index (κ2) is 8.09. The van der Waals surface area contributed by atoms with Crippen LogP contribution in [0.2, 0.25) is 0 Å². The molecule has 0 aliphatic carbocycles. The Bertz CT molecular complexity index is 770. The molecule has 25 heavy (non-hydrogen) atoms. The maximum absolute atomic E-state index is 12.2. The SMILES string of the molecule is CCNC(=O)NC(=O)[C@@H](C)OC(=O)c1nc(-c2ccccc2)oc1C. The Morgan fingerprint density at radius 2 is 1.92 bits per heavy atom. The molecular formula is C17H19N3O5. The molecule has 2 rings (SSSR count). The van der Waals surface area contributed by atoms with Crippen LogP contribution in [0.4, 0.5) is 4.79 Å². The summed E-state index contributed by atoms with van der Waals surface area (Å²) in [6, 6.07) is 8.43. The van der Waals surface area contributed by atoms with Crippen molar-refractivity contribution in [3.63, 3.8) is 0 Å². The zero-order valence-electron chi connectivity index (χ0n) is 14.2. The Morgan fingerprint density at radius 3 is 2.56 bits per heavy atom. The Morgan fingerprint density at radius 1 is 1.24 bits per heavy atom. The van der Waals surface area contributed by atoms with Crippen molar-refractivity contribution in [1.82, 2.24) is 15.6 Å². The van der Waals surface area contributed by atoms with E-state index in [0.717, 1.165) is 0 Å². The van der Waals surface area contributed by atoms with Crippen LogP contribution in [-0.2, 0) is 9.53 Å². The van der Waals surface area contributed by atoms with Crippen molar-refractivity contribution in [1.29, 1.82) is 0 Å². The number of nitrogens with zero attached hydrogens (tertiary/aromatic N) is 1. The molecule has 0 unspecified atom stereocenters. The van der Waals surface area contributed by atoms with E-state index in [1.54, 1.807) is 26.0 Å². The number of carbonyl (C=O) groups excluding carboxylic acids is 3. The van der Waals surface area contributed by atoms with E-state index < -0.39 is 24.0 Å². The quantitative estimate of drug-likeness (QED) is 0.802. The standard InChI is InChI=1S/C17H19N3O5/c1-4-18-17(23)20-14(21)11(3)25-16(22)13-10(2)24-15(19-13)12-8-6-5-7-9-12/h5-9,11H,4H2,1-3H3,(H2,18,20,21,23)/t11-/m1/s1. The van der Waals surface area contributed by atoms with E-state index in [0.29, 0.717) is 12.1 Å². The van der Waals surface area contributed by atoms with Gasteiger partial charge in [0.25, 0.3) is 5.91 Å². The van der Waals surface area contributed by atoms with Gasteiger partial charge in [-0.15, -0.1) is 0 Å². The van der Waals surface area contributed by atoms with Gasteiger partial charge in [0.2, 0.25) is 5.89 Å². The van der Waals surface area contributed by atoms with Crippen LogP contribution in [0.3, 0.4) is 0 Å². The molecule has 132 valence electrons. The topological polar surface area (TPSA) is 111 Å². The van der Waals surface area contributed by atoms with Crippen LogP contribution in [0.5, 0.6) is 0 Å². The van der Waals surface area contributed by atoms with Crippen molar-refractivity contribution in [3.05, 3.63) is 41.8 Å². The van der Waals surface area contributed by atoms with Crippen LogP contribution < -0.4 is 10.6 Å². The first-order valence-electron chi connectivity index (χ1n) is 7.75. The van der Waals surface area contributed by atoms with Gasteiger partial charge in [0.05, 0.1) is 0 Å². The van der Waals surface area contributed by atoms with Crippen molar-refractivity contribution < 1.29 is 23.5 Å². The highest BCUT2D eigenvalue weighted by Gasteiger charge is 2.25. The number of nitrogens with one attached hydrogen (secondary N) is 2. The molecule has 0 bridgehead atoms. The summed E-state index contributed by atoms with van der Waals surface area (Å²) in [4.78, 5) is 39.5. The number of imide groups is 1. The van der Waals surface area contributed by atoms with E-state index in [9.17, 15) is 14.4 Å². The summed E-state index contributed by atoms with van der Waals surface area (Å²) in [5.41, 5.74) is 0.697. The van der Waals surface area contributed by atoms with Gasteiger partial charge in [-0.05, 0) is 32.9 Å². The summed E-state index contributed by atoms with van der Waals surface area (Å²) in [7, 11) is 0. The normalized spacial score (nSPS) is 11.5. The van der Waals surface area contributed by atoms with Crippen molar-refractivity contribution in [2.45, 2.75) is 26.9 Å². The fourth-order valence-corrected chi connectivity index (χ4v) is 1.98. The molecule has 0 aliphatic rings. The van der Waals surface area contributed by atoms with Gasteiger partial charge in [-0.25, -0.2) is 14.6 Å². The zero-order chi connectivity index (χ0) is 18.4. The van der Waals surface area contributed by atoms with Crippen molar-refractivity contribution in [2.75, 3.05) is 6.54 Å². The average molecular weight is 345 g/mol. The minimum atomic E-state index is -1.16. The lowest BCUT2D eigenvalue weighted by atomic mass is 10.2. The predicted molar refractivity (Wildman–Crippen MR) is 88.8 cm³/mol. The van der Waals surface area contributed by atoms with Gasteiger partial charge in [0.15, 0.2) is 11.8 Å². The zero-order valence-corrected chi connectivity index (χ0v) is 14.2. The number of hydrogen-bond acceptors (Lipinski definition) is 6. The number of amides is 3. The summed E-state index contributed by atoms with van der Waals surface area (Å²) in [6.07, 6.45) is -1.16.